The van der Waals surface area contributed by atoms with Crippen molar-refractivity contribution >= 4 is 11.6 Å². The van der Waals surface area contributed by atoms with Gasteiger partial charge in [-0.25, -0.2) is 0 Å². The van der Waals surface area contributed by atoms with Crippen LogP contribution in [-0.4, -0.2) is 17.1 Å². The number of nitrogens with one attached hydrogen (secondary N) is 1. The third-order valence-corrected chi connectivity index (χ3v) is 2.82. The zero-order valence-corrected chi connectivity index (χ0v) is 11.9. The van der Waals surface area contributed by atoms with Gasteiger partial charge in [0, 0.05) is 11.9 Å². The third kappa shape index (κ3) is 4.21. The molecule has 0 saturated heterocycles. The van der Waals surface area contributed by atoms with Crippen molar-refractivity contribution in [2.75, 3.05) is 11.9 Å². The van der Waals surface area contributed by atoms with E-state index in [2.05, 4.69) is 5.32 Å². The summed E-state index contributed by atoms with van der Waals surface area (Å²) in [7, 11) is 0. The lowest BCUT2D eigenvalue weighted by Crippen LogP contribution is -2.28. The van der Waals surface area contributed by atoms with Gasteiger partial charge in [-0.2, -0.15) is 0 Å². The van der Waals surface area contributed by atoms with Gasteiger partial charge in [-0.1, -0.05) is 25.1 Å². The second-order valence-electron chi connectivity index (χ2n) is 4.57. The van der Waals surface area contributed by atoms with Crippen molar-refractivity contribution in [3.05, 3.63) is 59.0 Å². The molecule has 0 fully saturated rings. The number of carbonyl (C=O) groups is 1. The van der Waals surface area contributed by atoms with Gasteiger partial charge in [-0.05, 0) is 30.7 Å². The molecule has 2 aromatic rings. The summed E-state index contributed by atoms with van der Waals surface area (Å²) in [6.45, 7) is 2.40. The van der Waals surface area contributed by atoms with Gasteiger partial charge in [0.15, 0.2) is 5.75 Å². The number of hydrogen-bond donors (Lipinski definition) is 1. The topological polar surface area (TPSA) is 60.3 Å². The molecule has 0 radical (unpaired) electrons. The van der Waals surface area contributed by atoms with Crippen molar-refractivity contribution in [3.8, 4) is 5.75 Å². The first kappa shape index (κ1) is 14.8. The molecular weight excluding hydrogens is 268 g/mol. The summed E-state index contributed by atoms with van der Waals surface area (Å²) in [6.07, 6.45) is 2.40. The minimum absolute atomic E-state index is 0.0446. The van der Waals surface area contributed by atoms with Gasteiger partial charge in [0.1, 0.15) is 6.54 Å². The molecule has 0 aliphatic heterocycles. The zero-order valence-electron chi connectivity index (χ0n) is 11.9. The quantitative estimate of drug-likeness (QED) is 0.886. The Morgan fingerprint density at radius 3 is 2.67 bits per heavy atom. The first-order chi connectivity index (χ1) is 10.2. The maximum absolute atomic E-state index is 12.1. The summed E-state index contributed by atoms with van der Waals surface area (Å²) >= 11 is 0. The number of hydrogen-bond acceptors (Lipinski definition) is 3. The van der Waals surface area contributed by atoms with Crippen LogP contribution in [0.2, 0.25) is 0 Å². The molecule has 0 bridgehead atoms. The number of amides is 1. The van der Waals surface area contributed by atoms with Crippen molar-refractivity contribution in [1.29, 1.82) is 0 Å². The number of anilines is 1. The second-order valence-corrected chi connectivity index (χ2v) is 4.57. The van der Waals surface area contributed by atoms with Gasteiger partial charge in [-0.15, -0.1) is 0 Å². The highest BCUT2D eigenvalue weighted by atomic mass is 16.5. The van der Waals surface area contributed by atoms with Crippen LogP contribution in [0.5, 0.6) is 5.75 Å². The Kier molecular flexibility index (Phi) is 5.15. The number of ether oxygens (including phenoxy) is 1. The van der Waals surface area contributed by atoms with E-state index in [0.29, 0.717) is 12.3 Å². The molecule has 21 heavy (non-hydrogen) atoms. The van der Waals surface area contributed by atoms with Crippen molar-refractivity contribution in [2.45, 2.75) is 19.9 Å². The molecule has 1 heterocycles. The largest absolute Gasteiger partial charge is 0.488 e. The van der Waals surface area contributed by atoms with Crippen LogP contribution < -0.4 is 15.6 Å². The van der Waals surface area contributed by atoms with Crippen molar-refractivity contribution in [2.24, 2.45) is 0 Å². The molecule has 2 rings (SSSR count). The summed E-state index contributed by atoms with van der Waals surface area (Å²) in [4.78, 5) is 24.1. The van der Waals surface area contributed by atoms with Crippen LogP contribution in [0.1, 0.15) is 13.3 Å². The predicted molar refractivity (Wildman–Crippen MR) is 81.6 cm³/mol. The molecule has 0 aliphatic carbocycles. The Hall–Kier alpha value is -2.56. The molecule has 5 nitrogen and oxygen atoms in total. The number of pyridine rings is 1. The number of rotatable bonds is 6. The summed E-state index contributed by atoms with van der Waals surface area (Å²) in [6, 6.07) is 12.4. The molecule has 1 aromatic heterocycles. The molecule has 0 spiro atoms. The van der Waals surface area contributed by atoms with Gasteiger partial charge in [0.2, 0.25) is 5.91 Å². The Labute approximate surface area is 123 Å². The molecular formula is C16H18N2O3. The zero-order chi connectivity index (χ0) is 15.1. The normalized spacial score (nSPS) is 10.1. The van der Waals surface area contributed by atoms with E-state index in [9.17, 15) is 9.59 Å². The highest BCUT2D eigenvalue weighted by molar-refractivity contribution is 5.90. The van der Waals surface area contributed by atoms with Crippen LogP contribution in [0.15, 0.2) is 53.5 Å². The summed E-state index contributed by atoms with van der Waals surface area (Å²) in [5.41, 5.74) is 0.406. The summed E-state index contributed by atoms with van der Waals surface area (Å²) in [5, 5.41) is 2.74. The predicted octanol–water partition coefficient (Wildman–Crippen LogP) is 2.28. The lowest BCUT2D eigenvalue weighted by atomic mass is 10.3. The molecule has 1 N–H and O–H groups in total. The Bertz CT molecular complexity index is 650. The van der Waals surface area contributed by atoms with Crippen molar-refractivity contribution in [3.63, 3.8) is 0 Å². The van der Waals surface area contributed by atoms with E-state index in [-0.39, 0.29) is 23.8 Å². The van der Waals surface area contributed by atoms with E-state index < -0.39 is 0 Å². The van der Waals surface area contributed by atoms with Crippen LogP contribution in [-0.2, 0) is 11.3 Å². The minimum atomic E-state index is -0.297. The number of carbonyl (C=O) groups excluding carboxylic acids is 1. The molecule has 0 unspecified atom stereocenters. The molecule has 0 atom stereocenters. The van der Waals surface area contributed by atoms with Gasteiger partial charge >= 0.3 is 0 Å². The smallest absolute Gasteiger partial charge is 0.293 e. The van der Waals surface area contributed by atoms with E-state index in [1.165, 1.54) is 4.57 Å². The van der Waals surface area contributed by atoms with Gasteiger partial charge in [0.05, 0.1) is 6.61 Å². The number of nitrogens with zero attached hydrogens (tertiary/aromatic N) is 1. The Morgan fingerprint density at radius 2 is 1.95 bits per heavy atom. The van der Waals surface area contributed by atoms with E-state index in [1.807, 2.05) is 25.1 Å². The molecule has 0 saturated carbocycles. The van der Waals surface area contributed by atoms with Crippen molar-refractivity contribution in [1.82, 2.24) is 4.57 Å². The van der Waals surface area contributed by atoms with E-state index >= 15 is 0 Å². The highest BCUT2D eigenvalue weighted by Gasteiger charge is 2.08. The van der Waals surface area contributed by atoms with Crippen molar-refractivity contribution < 1.29 is 9.53 Å². The average molecular weight is 286 g/mol. The fraction of sp³-hybridized carbons (Fsp3) is 0.250. The average Bonchev–Trinajstić information content (AvgIpc) is 2.49. The van der Waals surface area contributed by atoms with Gasteiger partial charge in [-0.3, -0.25) is 9.59 Å². The molecule has 110 valence electrons. The van der Waals surface area contributed by atoms with Gasteiger partial charge in [0.25, 0.3) is 5.56 Å². The van der Waals surface area contributed by atoms with Crippen LogP contribution in [0.25, 0.3) is 0 Å². The Balaban J connectivity index is 2.05. The summed E-state index contributed by atoms with van der Waals surface area (Å²) in [5.74, 6) is 0.0165. The lowest BCUT2D eigenvalue weighted by Gasteiger charge is -2.09. The molecule has 1 amide bonds. The first-order valence-electron chi connectivity index (χ1n) is 6.88. The maximum atomic E-state index is 12.1. The summed E-state index contributed by atoms with van der Waals surface area (Å²) < 4.78 is 6.70. The lowest BCUT2D eigenvalue weighted by molar-refractivity contribution is -0.116. The van der Waals surface area contributed by atoms with Crippen LogP contribution in [0.3, 0.4) is 0 Å². The van der Waals surface area contributed by atoms with Crippen LogP contribution >= 0.6 is 0 Å². The molecule has 1 aromatic carbocycles. The maximum Gasteiger partial charge on any atom is 0.293 e. The van der Waals surface area contributed by atoms with Crippen LogP contribution in [0.4, 0.5) is 5.69 Å². The molecule has 0 aliphatic rings. The standard InChI is InChI=1S/C16H18N2O3/c1-2-11-21-14-9-6-10-18(16(14)20)12-15(19)17-13-7-4-3-5-8-13/h3-10H,2,11-12H2,1H3,(H,17,19). The first-order valence-corrected chi connectivity index (χ1v) is 6.88. The van der Waals surface area contributed by atoms with E-state index in [4.69, 9.17) is 4.74 Å². The van der Waals surface area contributed by atoms with Gasteiger partial charge < -0.3 is 14.6 Å². The fourth-order valence-electron chi connectivity index (χ4n) is 1.84. The monoisotopic (exact) mass is 286 g/mol. The van der Waals surface area contributed by atoms with Crippen LogP contribution in [0, 0.1) is 0 Å². The Morgan fingerprint density at radius 1 is 1.19 bits per heavy atom. The second kappa shape index (κ2) is 7.28. The SMILES string of the molecule is CCCOc1cccn(CC(=O)Nc2ccccc2)c1=O. The molecule has 5 heteroatoms. The van der Waals surface area contributed by atoms with E-state index in [1.54, 1.807) is 30.5 Å². The fourth-order valence-corrected chi connectivity index (χ4v) is 1.84. The van der Waals surface area contributed by atoms with E-state index in [0.717, 1.165) is 6.42 Å². The third-order valence-electron chi connectivity index (χ3n) is 2.82. The minimum Gasteiger partial charge on any atom is -0.488 e. The number of para-hydroxylation sites is 1. The highest BCUT2D eigenvalue weighted by Crippen LogP contribution is 2.06. The number of benzene rings is 1. The number of aromatic nitrogens is 1.